The second-order valence-corrected chi connectivity index (χ2v) is 15.7. The summed E-state index contributed by atoms with van der Waals surface area (Å²) in [5.41, 5.74) is 0.758. The standard InChI is InChI=1S/C44H39N5O13S/c1-24(20-25-4-11-30(50)12-5-25)36(51)21-29-10-13-31(22-46-29)63(59,60)23-27(18-19-45)42(55)47-28-8-6-26(7-9-28)41(54)48-34-16-14-32(37(52)39(34)61-2)43(56)49-35-17-15-33(44(57)58)38(53)40(35)62-3/h4-17,20,22,27,50,52-53H,18,21,23H2,1-3H3,(H,47,55)(H,48,54)(H,49,56)(H,57,58)/b24-20+/t27-/m1/s1. The number of nitrogens with one attached hydrogen (secondary N) is 3. The van der Waals surface area contributed by atoms with Crippen LogP contribution in [0.3, 0.4) is 0 Å². The number of phenols is 3. The van der Waals surface area contributed by atoms with Crippen molar-refractivity contribution in [1.82, 2.24) is 4.98 Å². The van der Waals surface area contributed by atoms with Gasteiger partial charge < -0.3 is 45.9 Å². The molecule has 324 valence electrons. The first-order valence-electron chi connectivity index (χ1n) is 18.6. The average molecular weight is 878 g/mol. The van der Waals surface area contributed by atoms with Crippen LogP contribution in [-0.4, -0.2) is 83.3 Å². The predicted octanol–water partition coefficient (Wildman–Crippen LogP) is 5.58. The van der Waals surface area contributed by atoms with Crippen molar-refractivity contribution in [2.24, 2.45) is 5.92 Å². The zero-order chi connectivity index (χ0) is 46.0. The van der Waals surface area contributed by atoms with Gasteiger partial charge in [0.25, 0.3) is 11.8 Å². The summed E-state index contributed by atoms with van der Waals surface area (Å²) in [5.74, 6) is -8.03. The minimum Gasteiger partial charge on any atom is -0.508 e. The Hall–Kier alpha value is -8.24. The van der Waals surface area contributed by atoms with E-state index in [1.54, 1.807) is 25.1 Å². The molecule has 1 aromatic heterocycles. The van der Waals surface area contributed by atoms with Gasteiger partial charge >= 0.3 is 5.97 Å². The number of methoxy groups -OCH3 is 2. The van der Waals surface area contributed by atoms with E-state index in [1.807, 2.05) is 6.07 Å². The summed E-state index contributed by atoms with van der Waals surface area (Å²) < 4.78 is 37.0. The maximum absolute atomic E-state index is 13.3. The zero-order valence-corrected chi connectivity index (χ0v) is 34.5. The molecule has 0 saturated heterocycles. The molecule has 0 spiro atoms. The van der Waals surface area contributed by atoms with Gasteiger partial charge in [0.15, 0.2) is 38.6 Å². The molecule has 0 bridgehead atoms. The fraction of sp³-hybridized carbons (Fsp3) is 0.159. The Morgan fingerprint density at radius 2 is 1.37 bits per heavy atom. The van der Waals surface area contributed by atoms with Gasteiger partial charge in [0.05, 0.1) is 60.2 Å². The molecule has 19 heteroatoms. The molecule has 0 radical (unpaired) electrons. The number of pyridine rings is 1. The Balaban J connectivity index is 1.20. The molecule has 0 fully saturated rings. The van der Waals surface area contributed by atoms with Crippen LogP contribution in [0, 0.1) is 17.2 Å². The summed E-state index contributed by atoms with van der Waals surface area (Å²) >= 11 is 0. The number of ether oxygens (including phenoxy) is 2. The number of carbonyl (C=O) groups excluding carboxylic acids is 4. The summed E-state index contributed by atoms with van der Waals surface area (Å²) in [6.07, 6.45) is 2.19. The summed E-state index contributed by atoms with van der Waals surface area (Å²) in [4.78, 5) is 67.6. The van der Waals surface area contributed by atoms with Crippen LogP contribution in [0.15, 0.2) is 102 Å². The van der Waals surface area contributed by atoms with Crippen LogP contribution in [-0.2, 0) is 25.8 Å². The van der Waals surface area contributed by atoms with E-state index in [0.717, 1.165) is 19.4 Å². The number of Topliss-reactive ketones (excluding diaryl/α,β-unsaturated/α-hetero) is 1. The van der Waals surface area contributed by atoms with Crippen LogP contribution >= 0.6 is 0 Å². The molecule has 0 unspecified atom stereocenters. The molecule has 1 atom stereocenters. The van der Waals surface area contributed by atoms with Crippen molar-refractivity contribution in [2.45, 2.75) is 24.7 Å². The van der Waals surface area contributed by atoms with Crippen molar-refractivity contribution in [3.63, 3.8) is 0 Å². The lowest BCUT2D eigenvalue weighted by molar-refractivity contribution is -0.119. The average Bonchev–Trinajstić information content (AvgIpc) is 3.24. The summed E-state index contributed by atoms with van der Waals surface area (Å²) in [5, 5.41) is 56.9. The van der Waals surface area contributed by atoms with Gasteiger partial charge in [-0.05, 0) is 96.9 Å². The van der Waals surface area contributed by atoms with Gasteiger partial charge in [-0.2, -0.15) is 5.26 Å². The van der Waals surface area contributed by atoms with Crippen LogP contribution < -0.4 is 25.4 Å². The van der Waals surface area contributed by atoms with Crippen molar-refractivity contribution in [3.8, 4) is 34.8 Å². The molecule has 5 rings (SSSR count). The van der Waals surface area contributed by atoms with Gasteiger partial charge in [-0.1, -0.05) is 12.1 Å². The molecule has 1 heterocycles. The molecule has 0 aliphatic rings. The van der Waals surface area contributed by atoms with E-state index in [4.69, 9.17) is 9.47 Å². The number of hydrogen-bond donors (Lipinski definition) is 7. The number of carboxylic acids is 1. The molecular weight excluding hydrogens is 839 g/mol. The van der Waals surface area contributed by atoms with E-state index in [2.05, 4.69) is 20.9 Å². The number of aromatic nitrogens is 1. The maximum atomic E-state index is 13.3. The smallest absolute Gasteiger partial charge is 0.339 e. The first-order valence-corrected chi connectivity index (χ1v) is 20.2. The topological polar surface area (TPSA) is 292 Å². The molecule has 7 N–H and O–H groups in total. The first-order chi connectivity index (χ1) is 30.0. The van der Waals surface area contributed by atoms with Crippen molar-refractivity contribution < 1.29 is 62.3 Å². The molecule has 4 aromatic carbocycles. The van der Waals surface area contributed by atoms with Crippen molar-refractivity contribution in [3.05, 3.63) is 125 Å². The minimum absolute atomic E-state index is 0.0388. The van der Waals surface area contributed by atoms with E-state index in [-0.39, 0.29) is 62.5 Å². The largest absolute Gasteiger partial charge is 0.508 e. The molecule has 18 nitrogen and oxygen atoms in total. The van der Waals surface area contributed by atoms with Gasteiger partial charge in [-0.3, -0.25) is 24.2 Å². The molecule has 0 saturated carbocycles. The highest BCUT2D eigenvalue weighted by molar-refractivity contribution is 7.91. The minimum atomic E-state index is -4.14. The number of allylic oxidation sites excluding steroid dienone is 1. The van der Waals surface area contributed by atoms with Crippen LogP contribution in [0.25, 0.3) is 6.08 Å². The Morgan fingerprint density at radius 1 is 0.778 bits per heavy atom. The molecule has 0 aliphatic carbocycles. The number of rotatable bonds is 17. The monoisotopic (exact) mass is 877 g/mol. The molecular formula is C44H39N5O13S. The van der Waals surface area contributed by atoms with E-state index < -0.39 is 68.7 Å². The fourth-order valence-corrected chi connectivity index (χ4v) is 7.52. The Labute approximate surface area is 360 Å². The molecule has 0 aliphatic heterocycles. The number of sulfone groups is 1. The van der Waals surface area contributed by atoms with Crippen LogP contribution in [0.5, 0.6) is 28.7 Å². The normalized spacial score (nSPS) is 11.7. The molecule has 63 heavy (non-hydrogen) atoms. The lowest BCUT2D eigenvalue weighted by Crippen LogP contribution is -2.29. The van der Waals surface area contributed by atoms with Crippen molar-refractivity contribution in [1.29, 1.82) is 5.26 Å². The molecule has 5 aromatic rings. The summed E-state index contributed by atoms with van der Waals surface area (Å²) in [6, 6.07) is 20.9. The number of carboxylic acid groups (broad SMARTS) is 1. The Bertz CT molecular complexity index is 2770. The highest BCUT2D eigenvalue weighted by Crippen LogP contribution is 2.40. The van der Waals surface area contributed by atoms with Gasteiger partial charge in [-0.25, -0.2) is 13.2 Å². The highest BCUT2D eigenvalue weighted by atomic mass is 32.2. The Kier molecular flexibility index (Phi) is 14.5. The second kappa shape index (κ2) is 19.9. The second-order valence-electron chi connectivity index (χ2n) is 13.7. The van der Waals surface area contributed by atoms with Gasteiger partial charge in [0.2, 0.25) is 5.91 Å². The number of aromatic hydroxyl groups is 3. The quantitative estimate of drug-likeness (QED) is 0.0562. The van der Waals surface area contributed by atoms with Crippen molar-refractivity contribution in [2.75, 3.05) is 35.9 Å². The number of anilines is 3. The van der Waals surface area contributed by atoms with Crippen molar-refractivity contribution >= 4 is 62.4 Å². The lowest BCUT2D eigenvalue weighted by Gasteiger charge is -2.16. The zero-order valence-electron chi connectivity index (χ0n) is 33.7. The maximum Gasteiger partial charge on any atom is 0.339 e. The SMILES string of the molecule is COc1c(NC(=O)c2ccc(NC(=O)c3ccc(NC(=O)[C@H](CC#N)CS(=O)(=O)c4ccc(CC(=O)/C(C)=C/c5ccc(O)cc5)nc4)cc3)c(OC)c2O)ccc(C(=O)O)c1O. The number of benzene rings is 4. The van der Waals surface area contributed by atoms with E-state index in [1.165, 1.54) is 73.8 Å². The van der Waals surface area contributed by atoms with E-state index in [9.17, 15) is 58.1 Å². The number of nitrogens with zero attached hydrogens (tertiary/aromatic N) is 2. The van der Waals surface area contributed by atoms with Crippen LogP contribution in [0.4, 0.5) is 17.1 Å². The first kappa shape index (κ1) is 45.8. The Morgan fingerprint density at radius 3 is 1.92 bits per heavy atom. The number of nitriles is 1. The third-order valence-corrected chi connectivity index (χ3v) is 11.2. The van der Waals surface area contributed by atoms with E-state index in [0.29, 0.717) is 16.8 Å². The third kappa shape index (κ3) is 11.1. The van der Waals surface area contributed by atoms with E-state index >= 15 is 0 Å². The van der Waals surface area contributed by atoms with Gasteiger partial charge in [-0.15, -0.1) is 0 Å². The van der Waals surface area contributed by atoms with Crippen LogP contribution in [0.1, 0.15) is 55.7 Å². The predicted molar refractivity (Wildman–Crippen MR) is 228 cm³/mol. The molecule has 3 amide bonds. The lowest BCUT2D eigenvalue weighted by atomic mass is 10.0. The van der Waals surface area contributed by atoms with Gasteiger partial charge in [0.1, 0.15) is 11.3 Å². The van der Waals surface area contributed by atoms with Gasteiger partial charge in [0, 0.05) is 29.6 Å². The number of phenolic OH excluding ortho intramolecular Hbond substituents is 2. The number of ketones is 1. The third-order valence-electron chi connectivity index (χ3n) is 9.40. The number of hydrogen-bond acceptors (Lipinski definition) is 14. The fourth-order valence-electron chi connectivity index (χ4n) is 6.04. The van der Waals surface area contributed by atoms with Crippen LogP contribution in [0.2, 0.25) is 0 Å². The number of amides is 3. The number of aromatic carboxylic acids is 1. The summed E-state index contributed by atoms with van der Waals surface area (Å²) in [7, 11) is -1.81. The summed E-state index contributed by atoms with van der Waals surface area (Å²) in [6.45, 7) is 1.63. The highest BCUT2D eigenvalue weighted by Gasteiger charge is 2.28. The number of carbonyl (C=O) groups is 5.